The Morgan fingerprint density at radius 1 is 1.28 bits per heavy atom. The van der Waals surface area contributed by atoms with Gasteiger partial charge in [0.25, 0.3) is 0 Å². The number of nitrogens with zero attached hydrogens (tertiary/aromatic N) is 5. The van der Waals surface area contributed by atoms with Crippen LogP contribution in [0.25, 0.3) is 0 Å². The highest BCUT2D eigenvalue weighted by Gasteiger charge is 2.40. The smallest absolute Gasteiger partial charge is 0.222 e. The Hall–Kier alpha value is -1.99. The lowest BCUT2D eigenvalue weighted by Crippen LogP contribution is -2.51. The standard InChI is InChI=1S/C18H26N6O/c1-23-14-19-12-16(23)13-24-8-4-18(5-9-24)11-15(3-10-25-18)22-17-20-6-2-7-21-17/h2,6-7,12,14-15H,3-5,8-11,13H2,1H3,(H,20,21,22)/t15-/m1/s1. The highest BCUT2D eigenvalue weighted by Crippen LogP contribution is 2.36. The molecule has 2 aromatic rings. The molecule has 0 radical (unpaired) electrons. The fraction of sp³-hybridized carbons (Fsp3) is 0.611. The van der Waals surface area contributed by atoms with Gasteiger partial charge in [-0.2, -0.15) is 0 Å². The summed E-state index contributed by atoms with van der Waals surface area (Å²) in [6, 6.07) is 2.23. The van der Waals surface area contributed by atoms with Crippen LogP contribution in [0.15, 0.2) is 31.0 Å². The van der Waals surface area contributed by atoms with Crippen molar-refractivity contribution >= 4 is 5.95 Å². The molecular formula is C18H26N6O. The molecule has 1 atom stereocenters. The van der Waals surface area contributed by atoms with E-state index < -0.39 is 0 Å². The SMILES string of the molecule is Cn1cncc1CN1CCC2(CC1)C[C@H](Nc1ncccn1)CCO2. The molecule has 7 heteroatoms. The van der Waals surface area contributed by atoms with E-state index in [9.17, 15) is 0 Å². The summed E-state index contributed by atoms with van der Waals surface area (Å²) in [4.78, 5) is 15.3. The van der Waals surface area contributed by atoms with Crippen LogP contribution in [0.5, 0.6) is 0 Å². The second-order valence-electron chi connectivity index (χ2n) is 7.21. The number of aromatic nitrogens is 4. The number of hydrogen-bond acceptors (Lipinski definition) is 6. The highest BCUT2D eigenvalue weighted by atomic mass is 16.5. The molecule has 134 valence electrons. The van der Waals surface area contributed by atoms with E-state index >= 15 is 0 Å². The van der Waals surface area contributed by atoms with Crippen LogP contribution >= 0.6 is 0 Å². The topological polar surface area (TPSA) is 68.1 Å². The Bertz CT molecular complexity index is 680. The van der Waals surface area contributed by atoms with E-state index in [1.54, 1.807) is 12.4 Å². The number of ether oxygens (including phenoxy) is 1. The number of anilines is 1. The fourth-order valence-electron chi connectivity index (χ4n) is 3.94. The molecule has 4 rings (SSSR count). The molecule has 0 saturated carbocycles. The predicted octanol–water partition coefficient (Wildman–Crippen LogP) is 1.84. The summed E-state index contributed by atoms with van der Waals surface area (Å²) in [6.07, 6.45) is 11.6. The minimum Gasteiger partial charge on any atom is -0.375 e. The summed E-state index contributed by atoms with van der Waals surface area (Å²) in [5.74, 6) is 0.721. The van der Waals surface area contributed by atoms with E-state index in [4.69, 9.17) is 4.74 Å². The summed E-state index contributed by atoms with van der Waals surface area (Å²) in [6.45, 7) is 3.91. The van der Waals surface area contributed by atoms with Crippen molar-refractivity contribution in [2.24, 2.45) is 7.05 Å². The summed E-state index contributed by atoms with van der Waals surface area (Å²) in [7, 11) is 2.06. The van der Waals surface area contributed by atoms with E-state index in [1.807, 2.05) is 18.6 Å². The molecular weight excluding hydrogens is 316 g/mol. The summed E-state index contributed by atoms with van der Waals surface area (Å²) in [5.41, 5.74) is 1.27. The molecule has 7 nitrogen and oxygen atoms in total. The highest BCUT2D eigenvalue weighted by molar-refractivity contribution is 5.25. The average Bonchev–Trinajstić information content (AvgIpc) is 3.03. The second-order valence-corrected chi connectivity index (χ2v) is 7.21. The number of hydrogen-bond donors (Lipinski definition) is 1. The zero-order chi connectivity index (χ0) is 17.1. The minimum absolute atomic E-state index is 0.00759. The number of likely N-dealkylation sites (tertiary alicyclic amines) is 1. The van der Waals surface area contributed by atoms with E-state index in [0.717, 1.165) is 57.9 Å². The fourth-order valence-corrected chi connectivity index (χ4v) is 3.94. The van der Waals surface area contributed by atoms with Crippen LogP contribution in [0, 0.1) is 0 Å². The first kappa shape index (κ1) is 16.5. The van der Waals surface area contributed by atoms with Crippen molar-refractivity contribution in [3.63, 3.8) is 0 Å². The van der Waals surface area contributed by atoms with Gasteiger partial charge in [0.15, 0.2) is 0 Å². The van der Waals surface area contributed by atoms with Crippen molar-refractivity contribution in [2.75, 3.05) is 25.0 Å². The molecule has 0 amide bonds. The molecule has 2 saturated heterocycles. The zero-order valence-corrected chi connectivity index (χ0v) is 14.8. The second kappa shape index (κ2) is 7.09. The van der Waals surface area contributed by atoms with Gasteiger partial charge in [-0.05, 0) is 31.7 Å². The van der Waals surface area contributed by atoms with Gasteiger partial charge in [-0.1, -0.05) is 0 Å². The zero-order valence-electron chi connectivity index (χ0n) is 14.8. The lowest BCUT2D eigenvalue weighted by molar-refractivity contribution is -0.115. The van der Waals surface area contributed by atoms with Crippen LogP contribution in [0.3, 0.4) is 0 Å². The Morgan fingerprint density at radius 3 is 2.80 bits per heavy atom. The van der Waals surface area contributed by atoms with E-state index in [1.165, 1.54) is 5.69 Å². The molecule has 0 aromatic carbocycles. The maximum Gasteiger partial charge on any atom is 0.222 e. The van der Waals surface area contributed by atoms with Gasteiger partial charge in [-0.15, -0.1) is 0 Å². The maximum absolute atomic E-state index is 6.26. The first-order chi connectivity index (χ1) is 12.2. The molecule has 0 unspecified atom stereocenters. The van der Waals surface area contributed by atoms with Gasteiger partial charge in [0.05, 0.1) is 17.6 Å². The van der Waals surface area contributed by atoms with E-state index in [2.05, 4.69) is 36.8 Å². The Kier molecular flexibility index (Phi) is 4.67. The van der Waals surface area contributed by atoms with Gasteiger partial charge in [0.1, 0.15) is 0 Å². The molecule has 2 aliphatic rings. The van der Waals surface area contributed by atoms with Crippen molar-refractivity contribution in [1.82, 2.24) is 24.4 Å². The quantitative estimate of drug-likeness (QED) is 0.914. The number of piperidine rings is 1. The Morgan fingerprint density at radius 2 is 2.08 bits per heavy atom. The third-order valence-electron chi connectivity index (χ3n) is 5.46. The molecule has 4 heterocycles. The molecule has 2 aromatic heterocycles. The largest absolute Gasteiger partial charge is 0.375 e. The number of nitrogens with one attached hydrogen (secondary N) is 1. The van der Waals surface area contributed by atoms with Crippen LogP contribution < -0.4 is 5.32 Å². The van der Waals surface area contributed by atoms with Crippen molar-refractivity contribution in [3.8, 4) is 0 Å². The Balaban J connectivity index is 1.33. The third-order valence-corrected chi connectivity index (χ3v) is 5.46. The van der Waals surface area contributed by atoms with Gasteiger partial charge in [0, 0.05) is 57.9 Å². The van der Waals surface area contributed by atoms with E-state index in [-0.39, 0.29) is 5.60 Å². The predicted molar refractivity (Wildman–Crippen MR) is 95.1 cm³/mol. The van der Waals surface area contributed by atoms with Crippen molar-refractivity contribution in [3.05, 3.63) is 36.7 Å². The van der Waals surface area contributed by atoms with Gasteiger partial charge in [-0.3, -0.25) is 4.90 Å². The average molecular weight is 342 g/mol. The summed E-state index contributed by atoms with van der Waals surface area (Å²) < 4.78 is 8.36. The molecule has 1 N–H and O–H groups in total. The van der Waals surface area contributed by atoms with Gasteiger partial charge in [-0.25, -0.2) is 15.0 Å². The minimum atomic E-state index is 0.00759. The van der Waals surface area contributed by atoms with Gasteiger partial charge < -0.3 is 14.6 Å². The number of imidazole rings is 1. The summed E-state index contributed by atoms with van der Waals surface area (Å²) >= 11 is 0. The van der Waals surface area contributed by atoms with Crippen LogP contribution in [0.4, 0.5) is 5.95 Å². The maximum atomic E-state index is 6.26. The van der Waals surface area contributed by atoms with Crippen LogP contribution in [0.1, 0.15) is 31.4 Å². The van der Waals surface area contributed by atoms with Gasteiger partial charge in [0.2, 0.25) is 5.95 Å². The molecule has 2 aliphatic heterocycles. The molecule has 2 fully saturated rings. The normalized spacial score (nSPS) is 23.6. The first-order valence-electron chi connectivity index (χ1n) is 9.08. The third kappa shape index (κ3) is 3.82. The molecule has 25 heavy (non-hydrogen) atoms. The number of aryl methyl sites for hydroxylation is 1. The van der Waals surface area contributed by atoms with Crippen LogP contribution in [-0.4, -0.2) is 55.8 Å². The first-order valence-corrected chi connectivity index (χ1v) is 9.08. The molecule has 0 bridgehead atoms. The van der Waals surface area contributed by atoms with Crippen LogP contribution in [0.2, 0.25) is 0 Å². The number of rotatable bonds is 4. The van der Waals surface area contributed by atoms with Crippen molar-refractivity contribution in [2.45, 2.75) is 43.9 Å². The molecule has 1 spiro atoms. The van der Waals surface area contributed by atoms with Gasteiger partial charge >= 0.3 is 0 Å². The van der Waals surface area contributed by atoms with Crippen LogP contribution in [-0.2, 0) is 18.3 Å². The summed E-state index contributed by atoms with van der Waals surface area (Å²) in [5, 5.41) is 3.48. The van der Waals surface area contributed by atoms with Crippen molar-refractivity contribution in [1.29, 1.82) is 0 Å². The van der Waals surface area contributed by atoms with E-state index in [0.29, 0.717) is 6.04 Å². The van der Waals surface area contributed by atoms with Crippen molar-refractivity contribution < 1.29 is 4.74 Å². The lowest BCUT2D eigenvalue weighted by Gasteiger charge is -2.46. The lowest BCUT2D eigenvalue weighted by atomic mass is 9.82. The monoisotopic (exact) mass is 342 g/mol. The molecule has 0 aliphatic carbocycles. The Labute approximate surface area is 148 Å².